The summed E-state index contributed by atoms with van der Waals surface area (Å²) in [7, 11) is -0.0283. The van der Waals surface area contributed by atoms with Crippen LogP contribution >= 0.6 is 0 Å². The van der Waals surface area contributed by atoms with Crippen LogP contribution in [0.2, 0.25) is 0 Å². The Hall–Kier alpha value is -3.98. The number of amides is 3. The molecule has 1 aromatic heterocycles. The largest absolute Gasteiger partial charge is 1.00 e. The molecule has 0 saturated carbocycles. The Morgan fingerprint density at radius 2 is 1.48 bits per heavy atom. The number of rotatable bonds is 12. The SMILES string of the molecule is COC(=O)CNC(=O)c1ccc(C(=O)NS(=O)(=O)c2ccc(C(=O)NCCc3ccc(OC)c(OC)c3)cc2)cn1.[H-].[Na+]. The topological polar surface area (TPSA) is 179 Å². The van der Waals surface area contributed by atoms with Crippen molar-refractivity contribution in [2.24, 2.45) is 0 Å². The Morgan fingerprint density at radius 3 is 2.07 bits per heavy atom. The maximum atomic E-state index is 12.7. The molecule has 0 bridgehead atoms. The van der Waals surface area contributed by atoms with Gasteiger partial charge in [0, 0.05) is 18.3 Å². The van der Waals surface area contributed by atoms with E-state index in [9.17, 15) is 27.6 Å². The van der Waals surface area contributed by atoms with E-state index in [0.717, 1.165) is 11.8 Å². The molecule has 0 unspecified atom stereocenters. The van der Waals surface area contributed by atoms with E-state index in [1.807, 2.05) is 16.9 Å². The van der Waals surface area contributed by atoms with Crippen LogP contribution in [-0.2, 0) is 26.0 Å². The van der Waals surface area contributed by atoms with E-state index in [4.69, 9.17) is 9.47 Å². The molecule has 3 amide bonds. The number of hydrogen-bond acceptors (Lipinski definition) is 10. The molecular weight excluding hydrogens is 579 g/mol. The molecule has 3 rings (SSSR count). The summed E-state index contributed by atoms with van der Waals surface area (Å²) < 4.78 is 42.2. The number of nitrogens with zero attached hydrogens (tertiary/aromatic N) is 1. The summed E-state index contributed by atoms with van der Waals surface area (Å²) in [5.74, 6) is -1.54. The van der Waals surface area contributed by atoms with Crippen LogP contribution in [0.1, 0.15) is 38.2 Å². The second kappa shape index (κ2) is 15.9. The van der Waals surface area contributed by atoms with Gasteiger partial charge in [-0.1, -0.05) is 6.07 Å². The molecular formula is C27H29N4NaO9S. The van der Waals surface area contributed by atoms with Gasteiger partial charge < -0.3 is 26.3 Å². The quantitative estimate of drug-likeness (QED) is 0.157. The number of esters is 1. The van der Waals surface area contributed by atoms with Crippen molar-refractivity contribution in [3.05, 3.63) is 83.2 Å². The summed E-state index contributed by atoms with van der Waals surface area (Å²) in [5, 5.41) is 5.05. The van der Waals surface area contributed by atoms with Crippen molar-refractivity contribution < 1.29 is 72.8 Å². The maximum Gasteiger partial charge on any atom is 1.00 e. The van der Waals surface area contributed by atoms with Crippen LogP contribution < -0.4 is 54.4 Å². The molecule has 0 aliphatic heterocycles. The Morgan fingerprint density at radius 1 is 0.810 bits per heavy atom. The smallest absolute Gasteiger partial charge is 1.00 e. The summed E-state index contributed by atoms with van der Waals surface area (Å²) in [6, 6.07) is 12.9. The molecule has 0 radical (unpaired) electrons. The summed E-state index contributed by atoms with van der Waals surface area (Å²) in [4.78, 5) is 51.7. The fourth-order valence-electron chi connectivity index (χ4n) is 3.46. The average Bonchev–Trinajstić information content (AvgIpc) is 2.99. The van der Waals surface area contributed by atoms with Gasteiger partial charge in [0.15, 0.2) is 11.5 Å². The number of methoxy groups -OCH3 is 3. The molecule has 0 fully saturated rings. The first-order valence-electron chi connectivity index (χ1n) is 12.0. The van der Waals surface area contributed by atoms with Gasteiger partial charge in [-0.2, -0.15) is 0 Å². The van der Waals surface area contributed by atoms with Gasteiger partial charge >= 0.3 is 35.5 Å². The van der Waals surface area contributed by atoms with E-state index in [-0.39, 0.29) is 59.2 Å². The van der Waals surface area contributed by atoms with E-state index in [1.54, 1.807) is 13.2 Å². The van der Waals surface area contributed by atoms with Crippen molar-refractivity contribution in [3.8, 4) is 11.5 Å². The second-order valence-corrected chi connectivity index (χ2v) is 10.0. The molecule has 0 aliphatic carbocycles. The van der Waals surface area contributed by atoms with Crippen LogP contribution in [0.4, 0.5) is 0 Å². The third-order valence-corrected chi connectivity index (χ3v) is 7.03. The number of benzene rings is 2. The van der Waals surface area contributed by atoms with Crippen molar-refractivity contribution in [2.45, 2.75) is 11.3 Å². The molecule has 42 heavy (non-hydrogen) atoms. The molecule has 3 N–H and O–H groups in total. The van der Waals surface area contributed by atoms with Crippen LogP contribution in [0.15, 0.2) is 65.7 Å². The van der Waals surface area contributed by atoms with Gasteiger partial charge in [-0.15, -0.1) is 0 Å². The Labute approximate surface area is 266 Å². The van der Waals surface area contributed by atoms with Crippen LogP contribution in [0, 0.1) is 0 Å². The number of aromatic nitrogens is 1. The van der Waals surface area contributed by atoms with Gasteiger partial charge in [0.05, 0.1) is 31.8 Å². The van der Waals surface area contributed by atoms with Crippen molar-refractivity contribution >= 4 is 33.7 Å². The minimum Gasteiger partial charge on any atom is -1.00 e. The normalized spacial score (nSPS) is 10.5. The zero-order valence-corrected chi connectivity index (χ0v) is 26.2. The van der Waals surface area contributed by atoms with E-state index in [1.165, 1.54) is 50.6 Å². The van der Waals surface area contributed by atoms with Crippen LogP contribution in [0.3, 0.4) is 0 Å². The fourth-order valence-corrected chi connectivity index (χ4v) is 4.44. The molecule has 2 aromatic carbocycles. The molecule has 0 atom stereocenters. The molecule has 3 aromatic rings. The van der Waals surface area contributed by atoms with Crippen LogP contribution in [-0.4, -0.2) is 71.5 Å². The van der Waals surface area contributed by atoms with Crippen molar-refractivity contribution in [1.29, 1.82) is 0 Å². The molecule has 1 heterocycles. The van der Waals surface area contributed by atoms with Gasteiger partial charge in [-0.05, 0) is 60.5 Å². The zero-order chi connectivity index (χ0) is 30.0. The number of carbonyl (C=O) groups is 4. The minimum atomic E-state index is -4.27. The number of nitrogens with one attached hydrogen (secondary N) is 3. The first kappa shape index (κ1) is 34.2. The molecule has 15 heteroatoms. The van der Waals surface area contributed by atoms with Crippen molar-refractivity contribution in [1.82, 2.24) is 20.3 Å². The average molecular weight is 609 g/mol. The third-order valence-electron chi connectivity index (χ3n) is 5.68. The Balaban J connectivity index is 0.00000462. The van der Waals surface area contributed by atoms with Gasteiger partial charge in [-0.3, -0.25) is 24.2 Å². The van der Waals surface area contributed by atoms with E-state index in [2.05, 4.69) is 20.4 Å². The first-order chi connectivity index (χ1) is 19.6. The number of hydrogen-bond donors (Lipinski definition) is 3. The van der Waals surface area contributed by atoms with E-state index >= 15 is 0 Å². The molecule has 218 valence electrons. The first-order valence-corrected chi connectivity index (χ1v) is 13.5. The van der Waals surface area contributed by atoms with Gasteiger partial charge in [0.1, 0.15) is 12.2 Å². The molecule has 0 saturated heterocycles. The van der Waals surface area contributed by atoms with E-state index in [0.29, 0.717) is 24.5 Å². The standard InChI is InChI=1S/C27H28N4O9S.Na.H/c1-38-22-11-4-17(14-23(22)39-2)12-13-28-25(33)18-5-8-20(9-6-18)41(36,37)31-26(34)19-7-10-21(29-15-19)27(35)30-16-24(32)40-3;;/h4-11,14-15H,12-13,16H2,1-3H3,(H,28,33)(H,30,35)(H,31,34);;/q;+1;-1. The Bertz CT molecular complexity index is 1540. The third kappa shape index (κ3) is 9.27. The summed E-state index contributed by atoms with van der Waals surface area (Å²) in [6.07, 6.45) is 1.55. The van der Waals surface area contributed by atoms with E-state index < -0.39 is 33.7 Å². The van der Waals surface area contributed by atoms with Gasteiger partial charge in [0.25, 0.3) is 27.7 Å². The van der Waals surface area contributed by atoms with Gasteiger partial charge in [0.2, 0.25) is 0 Å². The van der Waals surface area contributed by atoms with Crippen molar-refractivity contribution in [2.75, 3.05) is 34.4 Å². The number of carbonyl (C=O) groups excluding carboxylic acids is 4. The summed E-state index contributed by atoms with van der Waals surface area (Å²) >= 11 is 0. The maximum absolute atomic E-state index is 12.7. The Kier molecular flexibility index (Phi) is 12.9. The predicted molar refractivity (Wildman–Crippen MR) is 146 cm³/mol. The molecule has 0 spiro atoms. The van der Waals surface area contributed by atoms with Crippen LogP contribution in [0.5, 0.6) is 11.5 Å². The monoisotopic (exact) mass is 608 g/mol. The zero-order valence-electron chi connectivity index (χ0n) is 24.4. The fraction of sp³-hybridized carbons (Fsp3) is 0.222. The number of sulfonamides is 1. The molecule has 13 nitrogen and oxygen atoms in total. The second-order valence-electron chi connectivity index (χ2n) is 8.35. The minimum absolute atomic E-state index is 0. The van der Waals surface area contributed by atoms with Crippen molar-refractivity contribution in [3.63, 3.8) is 0 Å². The number of pyridine rings is 1. The molecule has 0 aliphatic rings. The van der Waals surface area contributed by atoms with Gasteiger partial charge in [-0.25, -0.2) is 13.1 Å². The predicted octanol–water partition coefficient (Wildman–Crippen LogP) is -1.79. The summed E-state index contributed by atoms with van der Waals surface area (Å²) in [6.45, 7) is -0.0402. The van der Waals surface area contributed by atoms with Crippen LogP contribution in [0.25, 0.3) is 0 Å². The number of ether oxygens (including phenoxy) is 3. The summed E-state index contributed by atoms with van der Waals surface area (Å²) in [5.41, 5.74) is 0.939.